The molecule has 33 heavy (non-hydrogen) atoms. The molecule has 1 aliphatic carbocycles. The van der Waals surface area contributed by atoms with Crippen LogP contribution in [0.3, 0.4) is 0 Å². The summed E-state index contributed by atoms with van der Waals surface area (Å²) in [7, 11) is 3.21. The number of hydrogen-bond donors (Lipinski definition) is 2. The quantitative estimate of drug-likeness (QED) is 0.501. The second kappa shape index (κ2) is 12.5. The summed E-state index contributed by atoms with van der Waals surface area (Å²) in [6, 6.07) is 13.5. The van der Waals surface area contributed by atoms with Gasteiger partial charge in [-0.25, -0.2) is 0 Å². The maximum absolute atomic E-state index is 12.9. The van der Waals surface area contributed by atoms with Gasteiger partial charge in [0.05, 0.1) is 25.5 Å². The second-order valence-corrected chi connectivity index (χ2v) is 9.43. The topological polar surface area (TPSA) is 76.7 Å². The first-order valence-corrected chi connectivity index (χ1v) is 12.5. The maximum atomic E-state index is 12.9. The van der Waals surface area contributed by atoms with Gasteiger partial charge in [-0.1, -0.05) is 38.0 Å². The van der Waals surface area contributed by atoms with Crippen LogP contribution < -0.4 is 20.1 Å². The molecule has 2 amide bonds. The highest BCUT2D eigenvalue weighted by molar-refractivity contribution is 8.00. The van der Waals surface area contributed by atoms with Crippen LogP contribution in [0.15, 0.2) is 47.4 Å². The Morgan fingerprint density at radius 2 is 1.79 bits per heavy atom. The fraction of sp³-hybridized carbons (Fsp3) is 0.462. The van der Waals surface area contributed by atoms with Crippen molar-refractivity contribution in [1.29, 1.82) is 0 Å². The lowest BCUT2D eigenvalue weighted by molar-refractivity contribution is -0.118. The molecule has 0 heterocycles. The summed E-state index contributed by atoms with van der Waals surface area (Å²) in [5.41, 5.74) is 1.69. The van der Waals surface area contributed by atoms with Crippen molar-refractivity contribution in [1.82, 2.24) is 10.6 Å². The van der Waals surface area contributed by atoms with Crippen LogP contribution in [0.25, 0.3) is 0 Å². The predicted molar refractivity (Wildman–Crippen MR) is 132 cm³/mol. The standard InChI is InChI=1S/C26H34N2O4S/c1-18-8-4-6-10-21(18)28-26(30)20-9-5-7-11-24(20)33-17-25(29)27-15-14-19-12-13-22(31-2)23(16-19)32-3/h5,7,9,11-13,16,18,21H,4,6,8,10,14-15,17H2,1-3H3,(H,27,29)(H,28,30)/t18-,21-/m0/s1. The fourth-order valence-electron chi connectivity index (χ4n) is 4.13. The van der Waals surface area contributed by atoms with E-state index in [0.29, 0.717) is 35.9 Å². The number of rotatable bonds is 10. The Balaban J connectivity index is 1.49. The third-order valence-corrected chi connectivity index (χ3v) is 7.18. The lowest BCUT2D eigenvalue weighted by Crippen LogP contribution is -2.41. The summed E-state index contributed by atoms with van der Waals surface area (Å²) in [6.07, 6.45) is 5.28. The Morgan fingerprint density at radius 1 is 1.03 bits per heavy atom. The summed E-state index contributed by atoms with van der Waals surface area (Å²) in [5.74, 6) is 2.01. The number of carbonyl (C=O) groups excluding carboxylic acids is 2. The number of benzene rings is 2. The van der Waals surface area contributed by atoms with E-state index in [2.05, 4.69) is 17.6 Å². The zero-order valence-electron chi connectivity index (χ0n) is 19.7. The van der Waals surface area contributed by atoms with Crippen molar-refractivity contribution < 1.29 is 19.1 Å². The van der Waals surface area contributed by atoms with Gasteiger partial charge in [0.15, 0.2) is 11.5 Å². The van der Waals surface area contributed by atoms with Crippen molar-refractivity contribution >= 4 is 23.6 Å². The maximum Gasteiger partial charge on any atom is 0.252 e. The molecule has 0 bridgehead atoms. The largest absolute Gasteiger partial charge is 0.493 e. The van der Waals surface area contributed by atoms with Gasteiger partial charge in [0.2, 0.25) is 5.91 Å². The normalized spacial score (nSPS) is 17.8. The van der Waals surface area contributed by atoms with Crippen LogP contribution in [-0.2, 0) is 11.2 Å². The number of ether oxygens (including phenoxy) is 2. The first-order valence-electron chi connectivity index (χ1n) is 11.5. The van der Waals surface area contributed by atoms with E-state index in [4.69, 9.17) is 9.47 Å². The molecule has 2 aromatic carbocycles. The van der Waals surface area contributed by atoms with E-state index in [1.807, 2.05) is 42.5 Å². The zero-order chi connectivity index (χ0) is 23.6. The monoisotopic (exact) mass is 470 g/mol. The predicted octanol–water partition coefficient (Wildman–Crippen LogP) is 4.46. The van der Waals surface area contributed by atoms with Crippen LogP contribution in [0.4, 0.5) is 0 Å². The van der Waals surface area contributed by atoms with E-state index in [1.54, 1.807) is 14.2 Å². The van der Waals surface area contributed by atoms with Gasteiger partial charge in [-0.15, -0.1) is 11.8 Å². The lowest BCUT2D eigenvalue weighted by atomic mass is 9.86. The van der Waals surface area contributed by atoms with E-state index < -0.39 is 0 Å². The number of thioether (sulfide) groups is 1. The molecule has 0 saturated heterocycles. The molecular formula is C26H34N2O4S. The smallest absolute Gasteiger partial charge is 0.252 e. The molecule has 6 nitrogen and oxygen atoms in total. The van der Waals surface area contributed by atoms with Crippen LogP contribution in [0.2, 0.25) is 0 Å². The molecule has 1 saturated carbocycles. The van der Waals surface area contributed by atoms with E-state index in [1.165, 1.54) is 18.2 Å². The third-order valence-electron chi connectivity index (χ3n) is 6.10. The van der Waals surface area contributed by atoms with Crippen LogP contribution in [-0.4, -0.2) is 44.4 Å². The molecule has 2 N–H and O–H groups in total. The third kappa shape index (κ3) is 7.16. The number of hydrogen-bond acceptors (Lipinski definition) is 5. The Labute approximate surface area is 200 Å². The fourth-order valence-corrected chi connectivity index (χ4v) is 5.01. The minimum Gasteiger partial charge on any atom is -0.493 e. The average Bonchev–Trinajstić information content (AvgIpc) is 2.84. The summed E-state index contributed by atoms with van der Waals surface area (Å²) in [5, 5.41) is 6.17. The average molecular weight is 471 g/mol. The molecule has 0 aliphatic heterocycles. The first-order chi connectivity index (χ1) is 16.0. The number of methoxy groups -OCH3 is 2. The summed E-state index contributed by atoms with van der Waals surface area (Å²) >= 11 is 1.39. The van der Waals surface area contributed by atoms with Gasteiger partial charge in [0.1, 0.15) is 0 Å². The molecule has 1 aliphatic rings. The van der Waals surface area contributed by atoms with Crippen molar-refractivity contribution in [2.24, 2.45) is 5.92 Å². The molecule has 2 atom stereocenters. The van der Waals surface area contributed by atoms with Gasteiger partial charge in [0.25, 0.3) is 5.91 Å². The second-order valence-electron chi connectivity index (χ2n) is 8.42. The van der Waals surface area contributed by atoms with Crippen LogP contribution >= 0.6 is 11.8 Å². The van der Waals surface area contributed by atoms with E-state index in [0.717, 1.165) is 29.7 Å². The Kier molecular flexibility index (Phi) is 9.48. The summed E-state index contributed by atoms with van der Waals surface area (Å²) < 4.78 is 10.6. The number of carbonyl (C=O) groups is 2. The summed E-state index contributed by atoms with van der Waals surface area (Å²) in [6.45, 7) is 2.73. The SMILES string of the molecule is COc1ccc(CCNC(=O)CSc2ccccc2C(=O)N[C@H]2CCCC[C@@H]2C)cc1OC. The van der Waals surface area contributed by atoms with E-state index >= 15 is 0 Å². The number of nitrogens with one attached hydrogen (secondary N) is 2. The minimum atomic E-state index is -0.0587. The van der Waals surface area contributed by atoms with Gasteiger partial charge < -0.3 is 20.1 Å². The highest BCUT2D eigenvalue weighted by Gasteiger charge is 2.24. The minimum absolute atomic E-state index is 0.0503. The Morgan fingerprint density at radius 3 is 2.55 bits per heavy atom. The molecule has 0 unspecified atom stereocenters. The van der Waals surface area contributed by atoms with E-state index in [9.17, 15) is 9.59 Å². The molecule has 2 aromatic rings. The first kappa shape index (κ1) is 25.0. The molecule has 178 valence electrons. The molecule has 3 rings (SSSR count). The van der Waals surface area contributed by atoms with Gasteiger partial charge in [-0.3, -0.25) is 9.59 Å². The van der Waals surface area contributed by atoms with Crippen LogP contribution in [0, 0.1) is 5.92 Å². The highest BCUT2D eigenvalue weighted by Crippen LogP contribution is 2.28. The number of amides is 2. The molecule has 0 radical (unpaired) electrons. The Hall–Kier alpha value is -2.67. The molecular weight excluding hydrogens is 436 g/mol. The van der Waals surface area contributed by atoms with Crippen molar-refractivity contribution in [3.63, 3.8) is 0 Å². The summed E-state index contributed by atoms with van der Waals surface area (Å²) in [4.78, 5) is 26.1. The van der Waals surface area contributed by atoms with Crippen LogP contribution in [0.1, 0.15) is 48.5 Å². The molecule has 0 aromatic heterocycles. The van der Waals surface area contributed by atoms with Crippen molar-refractivity contribution in [2.75, 3.05) is 26.5 Å². The van der Waals surface area contributed by atoms with Gasteiger partial charge in [-0.2, -0.15) is 0 Å². The highest BCUT2D eigenvalue weighted by atomic mass is 32.2. The molecule has 1 fully saturated rings. The van der Waals surface area contributed by atoms with Gasteiger partial charge >= 0.3 is 0 Å². The zero-order valence-corrected chi connectivity index (χ0v) is 20.5. The van der Waals surface area contributed by atoms with Gasteiger partial charge in [0, 0.05) is 17.5 Å². The van der Waals surface area contributed by atoms with Crippen molar-refractivity contribution in [2.45, 2.75) is 50.0 Å². The lowest BCUT2D eigenvalue weighted by Gasteiger charge is -2.29. The van der Waals surface area contributed by atoms with E-state index in [-0.39, 0.29) is 23.6 Å². The van der Waals surface area contributed by atoms with Crippen molar-refractivity contribution in [3.05, 3.63) is 53.6 Å². The molecule has 0 spiro atoms. The van der Waals surface area contributed by atoms with Gasteiger partial charge in [-0.05, 0) is 55.0 Å². The Bertz CT molecular complexity index is 950. The van der Waals surface area contributed by atoms with Crippen molar-refractivity contribution in [3.8, 4) is 11.5 Å². The van der Waals surface area contributed by atoms with Crippen LogP contribution in [0.5, 0.6) is 11.5 Å². The molecule has 7 heteroatoms.